The van der Waals surface area contributed by atoms with Crippen molar-refractivity contribution < 1.29 is 14.6 Å². The van der Waals surface area contributed by atoms with Crippen molar-refractivity contribution in [2.75, 3.05) is 0 Å². The van der Waals surface area contributed by atoms with Crippen LogP contribution in [0.2, 0.25) is 0 Å². The number of carbonyl (C=O) groups is 1. The molecule has 0 aliphatic rings. The first-order chi connectivity index (χ1) is 14.5. The van der Waals surface area contributed by atoms with E-state index in [1.165, 1.54) is 23.2 Å². The first-order valence-electron chi connectivity index (χ1n) is 10.2. The van der Waals surface area contributed by atoms with Crippen LogP contribution in [0.25, 0.3) is 5.69 Å². The minimum Gasteiger partial charge on any atom is -0.478 e. The van der Waals surface area contributed by atoms with E-state index in [-0.39, 0.29) is 18.2 Å². The number of benzene rings is 2. The van der Waals surface area contributed by atoms with Gasteiger partial charge >= 0.3 is 11.7 Å². The Balaban J connectivity index is 1.92. The summed E-state index contributed by atoms with van der Waals surface area (Å²) in [6, 6.07) is 11.4. The number of carboxylic acids is 1. The molecule has 0 atom stereocenters. The van der Waals surface area contributed by atoms with E-state index in [9.17, 15) is 14.7 Å². The van der Waals surface area contributed by atoms with Crippen LogP contribution in [0.4, 0.5) is 0 Å². The largest absolute Gasteiger partial charge is 0.478 e. The summed E-state index contributed by atoms with van der Waals surface area (Å²) in [5.74, 6) is -0.278. The Labute approximate surface area is 181 Å². The fraction of sp³-hybridized carbons (Fsp3) is 0.391. The van der Waals surface area contributed by atoms with Crippen LogP contribution >= 0.6 is 0 Å². The third kappa shape index (κ3) is 4.52. The Morgan fingerprint density at radius 2 is 1.74 bits per heavy atom. The Bertz CT molecular complexity index is 1150. The van der Waals surface area contributed by atoms with Gasteiger partial charge in [0.15, 0.2) is 5.60 Å². The number of carboxylic acid groups (broad SMARTS) is 1. The van der Waals surface area contributed by atoms with Gasteiger partial charge in [-0.1, -0.05) is 44.2 Å². The molecule has 8 nitrogen and oxygen atoms in total. The molecule has 3 aromatic rings. The van der Waals surface area contributed by atoms with E-state index in [0.29, 0.717) is 5.75 Å². The third-order valence-electron chi connectivity index (χ3n) is 5.15. The maximum absolute atomic E-state index is 13.0. The molecular formula is C23H28N4O4. The Morgan fingerprint density at radius 3 is 2.32 bits per heavy atom. The zero-order chi connectivity index (χ0) is 22.9. The van der Waals surface area contributed by atoms with Gasteiger partial charge in [0.2, 0.25) is 0 Å². The molecule has 0 saturated carbocycles. The number of aryl methyl sites for hydroxylation is 2. The van der Waals surface area contributed by atoms with Gasteiger partial charge in [0.25, 0.3) is 0 Å². The SMILES string of the molecule is Cc1cc(Cn2nnn(-c3ccccc3C(C)C)c2=O)cc(C)c1OC(C)(C)C(=O)O. The molecule has 164 valence electrons. The molecule has 0 aliphatic heterocycles. The van der Waals surface area contributed by atoms with E-state index < -0.39 is 11.6 Å². The van der Waals surface area contributed by atoms with E-state index in [1.807, 2.05) is 50.2 Å². The van der Waals surface area contributed by atoms with Crippen LogP contribution in [0.3, 0.4) is 0 Å². The molecule has 0 bridgehead atoms. The number of para-hydroxylation sites is 1. The van der Waals surface area contributed by atoms with Crippen LogP contribution in [0.5, 0.6) is 5.75 Å². The van der Waals surface area contributed by atoms with Crippen molar-refractivity contribution in [1.29, 1.82) is 0 Å². The number of rotatable bonds is 7. The summed E-state index contributed by atoms with van der Waals surface area (Å²) in [5, 5.41) is 17.5. The van der Waals surface area contributed by atoms with Crippen LogP contribution in [0.1, 0.15) is 55.9 Å². The number of hydrogen-bond acceptors (Lipinski definition) is 5. The zero-order valence-electron chi connectivity index (χ0n) is 18.7. The average Bonchev–Trinajstić information content (AvgIpc) is 3.04. The minimum absolute atomic E-state index is 0.237. The molecule has 0 aliphatic carbocycles. The van der Waals surface area contributed by atoms with Crippen molar-refractivity contribution in [3.8, 4) is 11.4 Å². The van der Waals surface area contributed by atoms with E-state index in [4.69, 9.17) is 4.74 Å². The van der Waals surface area contributed by atoms with Crippen molar-refractivity contribution in [3.05, 3.63) is 69.1 Å². The molecule has 0 spiro atoms. The summed E-state index contributed by atoms with van der Waals surface area (Å²) in [5.41, 5.74) is 2.49. The highest BCUT2D eigenvalue weighted by molar-refractivity contribution is 5.77. The lowest BCUT2D eigenvalue weighted by Crippen LogP contribution is -2.38. The van der Waals surface area contributed by atoms with Crippen LogP contribution in [-0.4, -0.2) is 36.5 Å². The van der Waals surface area contributed by atoms with E-state index in [2.05, 4.69) is 24.3 Å². The maximum Gasteiger partial charge on any atom is 0.368 e. The zero-order valence-corrected chi connectivity index (χ0v) is 18.7. The highest BCUT2D eigenvalue weighted by Gasteiger charge is 2.30. The Kier molecular flexibility index (Phi) is 6.01. The van der Waals surface area contributed by atoms with Gasteiger partial charge in [-0.25, -0.2) is 9.59 Å². The summed E-state index contributed by atoms with van der Waals surface area (Å²) >= 11 is 0. The monoisotopic (exact) mass is 424 g/mol. The molecule has 0 saturated heterocycles. The molecular weight excluding hydrogens is 396 g/mol. The summed E-state index contributed by atoms with van der Waals surface area (Å²) in [7, 11) is 0. The third-order valence-corrected chi connectivity index (χ3v) is 5.15. The average molecular weight is 425 g/mol. The van der Waals surface area contributed by atoms with Crippen molar-refractivity contribution in [3.63, 3.8) is 0 Å². The molecule has 0 fully saturated rings. The van der Waals surface area contributed by atoms with Crippen LogP contribution in [0, 0.1) is 13.8 Å². The fourth-order valence-corrected chi connectivity index (χ4v) is 3.46. The second-order valence-electron chi connectivity index (χ2n) is 8.52. The van der Waals surface area contributed by atoms with Gasteiger partial charge in [0, 0.05) is 0 Å². The molecule has 0 unspecified atom stereocenters. The topological polar surface area (TPSA) is 99.2 Å². The molecule has 1 aromatic heterocycles. The van der Waals surface area contributed by atoms with Crippen LogP contribution in [-0.2, 0) is 11.3 Å². The number of aliphatic carboxylic acids is 1. The predicted molar refractivity (Wildman–Crippen MR) is 117 cm³/mol. The number of tetrazole rings is 1. The maximum atomic E-state index is 13.0. The van der Waals surface area contributed by atoms with Crippen molar-refractivity contribution >= 4 is 5.97 Å². The van der Waals surface area contributed by atoms with Crippen molar-refractivity contribution in [2.24, 2.45) is 0 Å². The quantitative estimate of drug-likeness (QED) is 0.624. The molecule has 3 rings (SSSR count). The van der Waals surface area contributed by atoms with Crippen LogP contribution in [0.15, 0.2) is 41.2 Å². The molecule has 1 N–H and O–H groups in total. The predicted octanol–water partition coefficient (Wildman–Crippen LogP) is 3.46. The molecule has 1 heterocycles. The lowest BCUT2D eigenvalue weighted by molar-refractivity contribution is -0.152. The molecule has 31 heavy (non-hydrogen) atoms. The first kappa shape index (κ1) is 22.3. The number of ether oxygens (including phenoxy) is 1. The van der Waals surface area contributed by atoms with E-state index in [1.54, 1.807) is 0 Å². The first-order valence-corrected chi connectivity index (χ1v) is 10.2. The summed E-state index contributed by atoms with van der Waals surface area (Å²) in [6.07, 6.45) is 0. The second kappa shape index (κ2) is 8.37. The summed E-state index contributed by atoms with van der Waals surface area (Å²) in [6.45, 7) is 11.1. The standard InChI is InChI=1S/C23H28N4O4/c1-14(2)18-9-7-8-10-19(18)27-22(30)26(24-25-27)13-17-11-15(3)20(16(4)12-17)31-23(5,6)21(28)29/h7-12,14H,13H2,1-6H3,(H,28,29). The molecule has 2 aromatic carbocycles. The summed E-state index contributed by atoms with van der Waals surface area (Å²) < 4.78 is 8.38. The van der Waals surface area contributed by atoms with Gasteiger partial charge in [0.05, 0.1) is 12.2 Å². The van der Waals surface area contributed by atoms with Gasteiger partial charge < -0.3 is 9.84 Å². The fourth-order valence-electron chi connectivity index (χ4n) is 3.46. The molecule has 0 radical (unpaired) electrons. The number of aromatic nitrogens is 4. The summed E-state index contributed by atoms with van der Waals surface area (Å²) in [4.78, 5) is 24.4. The smallest absolute Gasteiger partial charge is 0.368 e. The molecule has 8 heteroatoms. The van der Waals surface area contributed by atoms with Gasteiger partial charge in [0.1, 0.15) is 5.75 Å². The highest BCUT2D eigenvalue weighted by Crippen LogP contribution is 2.29. The Hall–Kier alpha value is -3.42. The van der Waals surface area contributed by atoms with Crippen molar-refractivity contribution in [1.82, 2.24) is 19.8 Å². The highest BCUT2D eigenvalue weighted by atomic mass is 16.5. The van der Waals surface area contributed by atoms with Gasteiger partial charge in [-0.3, -0.25) is 0 Å². The normalized spacial score (nSPS) is 11.7. The lowest BCUT2D eigenvalue weighted by atomic mass is 10.0. The lowest BCUT2D eigenvalue weighted by Gasteiger charge is -2.24. The van der Waals surface area contributed by atoms with E-state index >= 15 is 0 Å². The number of nitrogens with zero attached hydrogens (tertiary/aromatic N) is 4. The van der Waals surface area contributed by atoms with Crippen molar-refractivity contribution in [2.45, 2.75) is 59.6 Å². The Morgan fingerprint density at radius 1 is 1.13 bits per heavy atom. The van der Waals surface area contributed by atoms with Gasteiger partial charge in [-0.15, -0.1) is 0 Å². The van der Waals surface area contributed by atoms with Gasteiger partial charge in [-0.05, 0) is 72.4 Å². The minimum atomic E-state index is -1.35. The van der Waals surface area contributed by atoms with E-state index in [0.717, 1.165) is 27.9 Å². The van der Waals surface area contributed by atoms with Gasteiger partial charge in [-0.2, -0.15) is 9.36 Å². The second-order valence-corrected chi connectivity index (χ2v) is 8.52. The van der Waals surface area contributed by atoms with Crippen LogP contribution < -0.4 is 10.4 Å². The number of hydrogen-bond donors (Lipinski definition) is 1. The molecule has 0 amide bonds.